The summed E-state index contributed by atoms with van der Waals surface area (Å²) < 4.78 is 0. The molecule has 0 aliphatic heterocycles. The highest BCUT2D eigenvalue weighted by Gasteiger charge is 2.10. The van der Waals surface area contributed by atoms with Crippen molar-refractivity contribution < 1.29 is 4.92 Å². The first-order valence-electron chi connectivity index (χ1n) is 6.08. The van der Waals surface area contributed by atoms with Gasteiger partial charge in [-0.15, -0.1) is 0 Å². The van der Waals surface area contributed by atoms with Gasteiger partial charge < -0.3 is 10.6 Å². The molecular weight excluding hydrogens is 260 g/mol. The molecule has 8 nitrogen and oxygen atoms in total. The Morgan fingerprint density at radius 1 is 1.30 bits per heavy atom. The van der Waals surface area contributed by atoms with Gasteiger partial charge in [0.25, 0.3) is 5.69 Å². The molecule has 8 heteroatoms. The smallest absolute Gasteiger partial charge is 0.276 e. The average Bonchev–Trinajstić information content (AvgIpc) is 2.46. The van der Waals surface area contributed by atoms with E-state index in [0.29, 0.717) is 24.7 Å². The van der Waals surface area contributed by atoms with Crippen LogP contribution in [-0.2, 0) is 6.54 Å². The standard InChI is InChI=1S/C12H14N6O2/c1-2-14-11-5-10(18(19)20)6-12(17-11)15-7-9-3-4-13-8-16-9/h3-6,8H,2,7H2,1H3,(H2,14,15,17). The maximum absolute atomic E-state index is 10.9. The van der Waals surface area contributed by atoms with Crippen molar-refractivity contribution in [3.63, 3.8) is 0 Å². The van der Waals surface area contributed by atoms with Crippen molar-refractivity contribution in [1.29, 1.82) is 0 Å². The van der Waals surface area contributed by atoms with Crippen LogP contribution in [0.3, 0.4) is 0 Å². The summed E-state index contributed by atoms with van der Waals surface area (Å²) in [6.45, 7) is 2.95. The van der Waals surface area contributed by atoms with Gasteiger partial charge in [-0.3, -0.25) is 10.1 Å². The van der Waals surface area contributed by atoms with Gasteiger partial charge in [-0.05, 0) is 13.0 Å². The van der Waals surface area contributed by atoms with E-state index in [1.807, 2.05) is 6.92 Å². The van der Waals surface area contributed by atoms with Crippen LogP contribution in [0.1, 0.15) is 12.6 Å². The Bertz CT molecular complexity index is 590. The quantitative estimate of drug-likeness (QED) is 0.611. The van der Waals surface area contributed by atoms with Gasteiger partial charge in [0, 0.05) is 12.7 Å². The van der Waals surface area contributed by atoms with Gasteiger partial charge in [0.2, 0.25) is 0 Å². The molecule has 0 radical (unpaired) electrons. The van der Waals surface area contributed by atoms with E-state index >= 15 is 0 Å². The van der Waals surface area contributed by atoms with Crippen LogP contribution in [0.25, 0.3) is 0 Å². The summed E-state index contributed by atoms with van der Waals surface area (Å²) in [5.74, 6) is 0.889. The highest BCUT2D eigenvalue weighted by molar-refractivity contribution is 5.54. The minimum absolute atomic E-state index is 0.0128. The van der Waals surface area contributed by atoms with E-state index in [1.165, 1.54) is 18.5 Å². The summed E-state index contributed by atoms with van der Waals surface area (Å²) in [6.07, 6.45) is 3.08. The molecule has 0 aliphatic carbocycles. The summed E-state index contributed by atoms with van der Waals surface area (Å²) in [5.41, 5.74) is 0.763. The Morgan fingerprint density at radius 3 is 2.65 bits per heavy atom. The van der Waals surface area contributed by atoms with Gasteiger partial charge in [-0.25, -0.2) is 15.0 Å². The molecule has 0 unspecified atom stereocenters. The number of nitro groups is 1. The molecule has 2 rings (SSSR count). The van der Waals surface area contributed by atoms with Gasteiger partial charge in [-0.1, -0.05) is 0 Å². The van der Waals surface area contributed by atoms with Gasteiger partial charge in [0.15, 0.2) is 0 Å². The number of hydrogen-bond acceptors (Lipinski definition) is 7. The molecule has 0 spiro atoms. The zero-order chi connectivity index (χ0) is 14.4. The maximum Gasteiger partial charge on any atom is 0.276 e. The monoisotopic (exact) mass is 274 g/mol. The van der Waals surface area contributed by atoms with Crippen molar-refractivity contribution in [2.45, 2.75) is 13.5 Å². The number of rotatable bonds is 6. The van der Waals surface area contributed by atoms with Crippen molar-refractivity contribution in [2.24, 2.45) is 0 Å². The average molecular weight is 274 g/mol. The number of anilines is 2. The zero-order valence-electron chi connectivity index (χ0n) is 10.9. The number of nitrogens with one attached hydrogen (secondary N) is 2. The van der Waals surface area contributed by atoms with E-state index in [-0.39, 0.29) is 5.69 Å². The third-order valence-electron chi connectivity index (χ3n) is 2.47. The molecule has 2 aromatic heterocycles. The number of nitrogens with zero attached hydrogens (tertiary/aromatic N) is 4. The van der Waals surface area contributed by atoms with Gasteiger partial charge in [0.1, 0.15) is 18.0 Å². The first kappa shape index (κ1) is 13.7. The second kappa shape index (κ2) is 6.41. The molecule has 20 heavy (non-hydrogen) atoms. The van der Waals surface area contributed by atoms with Crippen molar-refractivity contribution >= 4 is 17.3 Å². The normalized spacial score (nSPS) is 10.1. The van der Waals surface area contributed by atoms with Crippen molar-refractivity contribution in [1.82, 2.24) is 15.0 Å². The molecule has 2 heterocycles. The van der Waals surface area contributed by atoms with Crippen LogP contribution in [0.4, 0.5) is 17.3 Å². The molecule has 0 atom stereocenters. The molecular formula is C12H14N6O2. The minimum Gasteiger partial charge on any atom is -0.370 e. The van der Waals surface area contributed by atoms with Crippen LogP contribution in [0.5, 0.6) is 0 Å². The molecule has 104 valence electrons. The van der Waals surface area contributed by atoms with Crippen molar-refractivity contribution in [3.8, 4) is 0 Å². The first-order valence-corrected chi connectivity index (χ1v) is 6.08. The Balaban J connectivity index is 2.15. The SMILES string of the molecule is CCNc1cc([N+](=O)[O-])cc(NCc2ccncn2)n1. The second-order valence-corrected chi connectivity index (χ2v) is 3.94. The molecule has 0 amide bonds. The zero-order valence-corrected chi connectivity index (χ0v) is 10.9. The van der Waals surface area contributed by atoms with E-state index in [1.54, 1.807) is 12.3 Å². The van der Waals surface area contributed by atoms with Gasteiger partial charge >= 0.3 is 0 Å². The molecule has 0 saturated carbocycles. The molecule has 0 aliphatic rings. The minimum atomic E-state index is -0.446. The fourth-order valence-corrected chi connectivity index (χ4v) is 1.59. The molecule has 2 N–H and O–H groups in total. The Morgan fingerprint density at radius 2 is 2.05 bits per heavy atom. The Labute approximate surface area is 115 Å². The third kappa shape index (κ3) is 3.61. The highest BCUT2D eigenvalue weighted by atomic mass is 16.6. The van der Waals surface area contributed by atoms with E-state index in [4.69, 9.17) is 0 Å². The molecule has 0 saturated heterocycles. The number of pyridine rings is 1. The molecule has 2 aromatic rings. The lowest BCUT2D eigenvalue weighted by Crippen LogP contribution is -2.06. The Hall–Kier alpha value is -2.77. The van der Waals surface area contributed by atoms with Gasteiger partial charge in [-0.2, -0.15) is 0 Å². The van der Waals surface area contributed by atoms with Crippen molar-refractivity contribution in [3.05, 3.63) is 46.5 Å². The van der Waals surface area contributed by atoms with Crippen LogP contribution in [0.15, 0.2) is 30.7 Å². The summed E-state index contributed by atoms with van der Waals surface area (Å²) in [4.78, 5) is 22.6. The van der Waals surface area contributed by atoms with E-state index in [0.717, 1.165) is 5.69 Å². The number of aromatic nitrogens is 3. The summed E-state index contributed by atoms with van der Waals surface area (Å²) in [5, 5.41) is 16.9. The molecule has 0 fully saturated rings. The van der Waals surface area contributed by atoms with E-state index < -0.39 is 4.92 Å². The predicted octanol–water partition coefficient (Wildman–Crippen LogP) is 1.82. The fourth-order valence-electron chi connectivity index (χ4n) is 1.59. The van der Waals surface area contributed by atoms with Gasteiger partial charge in [0.05, 0.1) is 29.3 Å². The summed E-state index contributed by atoms with van der Waals surface area (Å²) in [7, 11) is 0. The second-order valence-electron chi connectivity index (χ2n) is 3.94. The Kier molecular flexibility index (Phi) is 4.38. The van der Waals surface area contributed by atoms with Crippen molar-refractivity contribution in [2.75, 3.05) is 17.2 Å². The summed E-state index contributed by atoms with van der Waals surface area (Å²) >= 11 is 0. The number of hydrogen-bond donors (Lipinski definition) is 2. The lowest BCUT2D eigenvalue weighted by Gasteiger charge is -2.08. The lowest BCUT2D eigenvalue weighted by molar-refractivity contribution is -0.384. The third-order valence-corrected chi connectivity index (χ3v) is 2.47. The van der Waals surface area contributed by atoms with E-state index in [9.17, 15) is 10.1 Å². The van der Waals surface area contributed by atoms with E-state index in [2.05, 4.69) is 25.6 Å². The largest absolute Gasteiger partial charge is 0.370 e. The van der Waals surface area contributed by atoms with Crippen LogP contribution in [0.2, 0.25) is 0 Å². The van der Waals surface area contributed by atoms with Crippen LogP contribution in [-0.4, -0.2) is 26.4 Å². The lowest BCUT2D eigenvalue weighted by atomic mass is 10.3. The maximum atomic E-state index is 10.9. The first-order chi connectivity index (χ1) is 9.69. The van der Waals surface area contributed by atoms with Crippen LogP contribution in [0, 0.1) is 10.1 Å². The molecule has 0 bridgehead atoms. The van der Waals surface area contributed by atoms with Crippen LogP contribution < -0.4 is 10.6 Å². The predicted molar refractivity (Wildman–Crippen MR) is 74.4 cm³/mol. The fraction of sp³-hybridized carbons (Fsp3) is 0.250. The summed E-state index contributed by atoms with van der Waals surface area (Å²) in [6, 6.07) is 4.55. The topological polar surface area (TPSA) is 106 Å². The molecule has 0 aromatic carbocycles. The van der Waals surface area contributed by atoms with Crippen LogP contribution >= 0.6 is 0 Å². The highest BCUT2D eigenvalue weighted by Crippen LogP contribution is 2.20.